The summed E-state index contributed by atoms with van der Waals surface area (Å²) in [5.74, 6) is 3.29. The van der Waals surface area contributed by atoms with Crippen molar-refractivity contribution in [2.24, 2.45) is 7.05 Å². The molecule has 2 aromatic heterocycles. The fraction of sp³-hybridized carbons (Fsp3) is 0.714. The molecule has 8 heteroatoms. The lowest BCUT2D eigenvalue weighted by Crippen LogP contribution is -2.29. The summed E-state index contributed by atoms with van der Waals surface area (Å²) in [5.41, 5.74) is 0. The fourth-order valence-electron chi connectivity index (χ4n) is 2.81. The minimum Gasteiger partial charge on any atom is -0.316 e. The summed E-state index contributed by atoms with van der Waals surface area (Å²) in [5, 5.41) is 21.3. The molecule has 22 heavy (non-hydrogen) atoms. The third-order valence-electron chi connectivity index (χ3n) is 4.06. The van der Waals surface area contributed by atoms with Crippen molar-refractivity contribution < 1.29 is 0 Å². The van der Waals surface area contributed by atoms with Crippen molar-refractivity contribution in [2.75, 3.05) is 13.1 Å². The van der Waals surface area contributed by atoms with Crippen LogP contribution in [0, 0.1) is 0 Å². The highest BCUT2D eigenvalue weighted by Gasteiger charge is 2.22. The second-order valence-corrected chi connectivity index (χ2v) is 6.92. The Kier molecular flexibility index (Phi) is 4.77. The van der Waals surface area contributed by atoms with Crippen molar-refractivity contribution >= 4 is 11.8 Å². The highest BCUT2D eigenvalue weighted by atomic mass is 32.2. The molecular formula is C14H23N7S. The normalized spacial score (nSPS) is 19.0. The van der Waals surface area contributed by atoms with Crippen LogP contribution in [0.2, 0.25) is 0 Å². The van der Waals surface area contributed by atoms with Crippen molar-refractivity contribution in [3.8, 4) is 0 Å². The van der Waals surface area contributed by atoms with Gasteiger partial charge in [0.2, 0.25) is 0 Å². The van der Waals surface area contributed by atoms with Crippen LogP contribution in [0.1, 0.15) is 50.3 Å². The minimum absolute atomic E-state index is 0.369. The van der Waals surface area contributed by atoms with Gasteiger partial charge in [-0.3, -0.25) is 0 Å². The van der Waals surface area contributed by atoms with Crippen LogP contribution in [0.25, 0.3) is 0 Å². The van der Waals surface area contributed by atoms with E-state index in [9.17, 15) is 0 Å². The van der Waals surface area contributed by atoms with Crippen LogP contribution < -0.4 is 5.32 Å². The van der Waals surface area contributed by atoms with E-state index in [4.69, 9.17) is 0 Å². The first-order chi connectivity index (χ1) is 10.7. The Bertz CT molecular complexity index is 612. The predicted octanol–water partition coefficient (Wildman–Crippen LogP) is 1.75. The third-order valence-corrected chi connectivity index (χ3v) is 5.08. The van der Waals surface area contributed by atoms with E-state index in [2.05, 4.69) is 55.7 Å². The van der Waals surface area contributed by atoms with Gasteiger partial charge in [-0.25, -0.2) is 0 Å². The van der Waals surface area contributed by atoms with E-state index in [1.54, 1.807) is 18.1 Å². The summed E-state index contributed by atoms with van der Waals surface area (Å²) in [6, 6.07) is 0.369. The molecular weight excluding hydrogens is 298 g/mol. The number of rotatable bonds is 5. The van der Waals surface area contributed by atoms with E-state index in [1.165, 1.54) is 12.8 Å². The summed E-state index contributed by atoms with van der Waals surface area (Å²) in [6.45, 7) is 6.38. The lowest BCUT2D eigenvalue weighted by Gasteiger charge is -2.21. The zero-order valence-electron chi connectivity index (χ0n) is 13.4. The molecule has 3 heterocycles. The van der Waals surface area contributed by atoms with Gasteiger partial charge in [-0.1, -0.05) is 11.8 Å². The van der Waals surface area contributed by atoms with Crippen molar-refractivity contribution in [1.29, 1.82) is 0 Å². The summed E-state index contributed by atoms with van der Waals surface area (Å²) in [6.07, 6.45) is 4.18. The molecule has 0 unspecified atom stereocenters. The van der Waals surface area contributed by atoms with Gasteiger partial charge in [0.25, 0.3) is 0 Å². The highest BCUT2D eigenvalue weighted by molar-refractivity contribution is 7.98. The number of hydrogen-bond donors (Lipinski definition) is 1. The van der Waals surface area contributed by atoms with Gasteiger partial charge in [0.05, 0.1) is 5.75 Å². The van der Waals surface area contributed by atoms with Crippen molar-refractivity contribution in [1.82, 2.24) is 34.8 Å². The Morgan fingerprint density at radius 3 is 2.95 bits per heavy atom. The number of thioether (sulfide) groups is 1. The maximum absolute atomic E-state index is 4.41. The van der Waals surface area contributed by atoms with Gasteiger partial charge < -0.3 is 14.5 Å². The molecule has 0 amide bonds. The number of piperidine rings is 1. The average molecular weight is 321 g/mol. The molecule has 0 aromatic carbocycles. The van der Waals surface area contributed by atoms with Gasteiger partial charge in [0.1, 0.15) is 18.0 Å². The van der Waals surface area contributed by atoms with Crippen LogP contribution in [0.3, 0.4) is 0 Å². The molecule has 120 valence electrons. The van der Waals surface area contributed by atoms with Gasteiger partial charge in [0, 0.05) is 25.6 Å². The van der Waals surface area contributed by atoms with E-state index < -0.39 is 0 Å². The molecule has 7 nitrogen and oxygen atoms in total. The molecule has 0 radical (unpaired) electrons. The second kappa shape index (κ2) is 6.78. The molecule has 1 N–H and O–H groups in total. The first-order valence-electron chi connectivity index (χ1n) is 7.78. The van der Waals surface area contributed by atoms with E-state index in [-0.39, 0.29) is 0 Å². The van der Waals surface area contributed by atoms with Crippen LogP contribution in [0.4, 0.5) is 0 Å². The number of hydrogen-bond acceptors (Lipinski definition) is 6. The maximum atomic E-state index is 4.41. The first kappa shape index (κ1) is 15.5. The molecule has 0 aliphatic carbocycles. The lowest BCUT2D eigenvalue weighted by atomic mass is 9.99. The molecule has 1 aliphatic heterocycles. The molecule has 1 aliphatic rings. The van der Waals surface area contributed by atoms with Crippen molar-refractivity contribution in [3.05, 3.63) is 18.0 Å². The lowest BCUT2D eigenvalue weighted by molar-refractivity contribution is 0.436. The quantitative estimate of drug-likeness (QED) is 0.846. The summed E-state index contributed by atoms with van der Waals surface area (Å²) >= 11 is 1.67. The monoisotopic (exact) mass is 321 g/mol. The standard InChI is InChI=1S/C14H23N7S/c1-10(2)21-9-16-17-12(21)8-22-14-19-18-13(20(14)3)11-5-4-6-15-7-11/h9-11,15H,4-8H2,1-3H3/t11-/m0/s1. The highest BCUT2D eigenvalue weighted by Crippen LogP contribution is 2.26. The Hall–Kier alpha value is -1.41. The van der Waals surface area contributed by atoms with Gasteiger partial charge in [-0.2, -0.15) is 0 Å². The van der Waals surface area contributed by atoms with Crippen LogP contribution in [-0.4, -0.2) is 42.6 Å². The predicted molar refractivity (Wildman–Crippen MR) is 85.8 cm³/mol. The van der Waals surface area contributed by atoms with E-state index >= 15 is 0 Å². The van der Waals surface area contributed by atoms with Gasteiger partial charge in [-0.05, 0) is 33.2 Å². The largest absolute Gasteiger partial charge is 0.316 e. The molecule has 2 aromatic rings. The topological polar surface area (TPSA) is 73.4 Å². The molecule has 1 saturated heterocycles. The van der Waals surface area contributed by atoms with Crippen molar-refractivity contribution in [2.45, 2.75) is 49.6 Å². The molecule has 3 rings (SSSR count). The Labute approximate surface area is 134 Å². The van der Waals surface area contributed by atoms with Gasteiger partial charge >= 0.3 is 0 Å². The number of nitrogens with zero attached hydrogens (tertiary/aromatic N) is 6. The van der Waals surface area contributed by atoms with E-state index in [0.717, 1.165) is 35.6 Å². The average Bonchev–Trinajstić information content (AvgIpc) is 3.13. The summed E-state index contributed by atoms with van der Waals surface area (Å²) in [4.78, 5) is 0. The van der Waals surface area contributed by atoms with Crippen LogP contribution >= 0.6 is 11.8 Å². The summed E-state index contributed by atoms with van der Waals surface area (Å²) in [7, 11) is 2.06. The Balaban J connectivity index is 1.68. The SMILES string of the molecule is CC(C)n1cnnc1CSc1nnc([C@H]2CCCNC2)n1C. The molecule has 1 atom stereocenters. The minimum atomic E-state index is 0.369. The number of nitrogens with one attached hydrogen (secondary N) is 1. The smallest absolute Gasteiger partial charge is 0.191 e. The second-order valence-electron chi connectivity index (χ2n) is 5.98. The van der Waals surface area contributed by atoms with Gasteiger partial charge in [0.15, 0.2) is 5.16 Å². The maximum Gasteiger partial charge on any atom is 0.191 e. The third kappa shape index (κ3) is 3.17. The number of aromatic nitrogens is 6. The van der Waals surface area contributed by atoms with Crippen LogP contribution in [0.15, 0.2) is 11.5 Å². The van der Waals surface area contributed by atoms with Crippen LogP contribution in [-0.2, 0) is 12.8 Å². The zero-order chi connectivity index (χ0) is 15.5. The zero-order valence-corrected chi connectivity index (χ0v) is 14.2. The first-order valence-corrected chi connectivity index (χ1v) is 8.76. The molecule has 0 spiro atoms. The van der Waals surface area contributed by atoms with Crippen LogP contribution in [0.5, 0.6) is 0 Å². The van der Waals surface area contributed by atoms with Gasteiger partial charge in [-0.15, -0.1) is 20.4 Å². The Morgan fingerprint density at radius 1 is 1.36 bits per heavy atom. The van der Waals surface area contributed by atoms with E-state index in [1.807, 2.05) is 0 Å². The van der Waals surface area contributed by atoms with Crippen molar-refractivity contribution in [3.63, 3.8) is 0 Å². The molecule has 1 fully saturated rings. The molecule has 0 saturated carbocycles. The Morgan fingerprint density at radius 2 is 2.23 bits per heavy atom. The summed E-state index contributed by atoms with van der Waals surface area (Å²) < 4.78 is 4.22. The fourth-order valence-corrected chi connectivity index (χ4v) is 3.66. The van der Waals surface area contributed by atoms with E-state index in [0.29, 0.717) is 12.0 Å². The molecule has 0 bridgehead atoms.